The smallest absolute Gasteiger partial charge is 0.343 e. The van der Waals surface area contributed by atoms with E-state index < -0.39 is 11.9 Å². The number of carboxylic acid groups (broad SMARTS) is 1. The second-order valence-electron chi connectivity index (χ2n) is 6.03. The van der Waals surface area contributed by atoms with Gasteiger partial charge in [0.1, 0.15) is 5.75 Å². The number of carbonyl (C=O) groups excluding carboxylic acids is 1. The Kier molecular flexibility index (Phi) is 4.84. The summed E-state index contributed by atoms with van der Waals surface area (Å²) in [5.74, 6) is -1.16. The molecule has 0 saturated carbocycles. The molecule has 0 aliphatic rings. The van der Waals surface area contributed by atoms with E-state index in [0.717, 1.165) is 6.42 Å². The van der Waals surface area contributed by atoms with Crippen LogP contribution in [0.4, 0.5) is 0 Å². The number of carboxylic acids is 1. The predicted octanol–water partition coefficient (Wildman–Crippen LogP) is 4.29. The van der Waals surface area contributed by atoms with Crippen molar-refractivity contribution < 1.29 is 19.4 Å². The van der Waals surface area contributed by atoms with E-state index in [2.05, 4.69) is 20.8 Å². The van der Waals surface area contributed by atoms with E-state index in [1.165, 1.54) is 29.8 Å². The van der Waals surface area contributed by atoms with Crippen LogP contribution in [0.5, 0.6) is 5.75 Å². The minimum Gasteiger partial charge on any atom is -0.478 e. The third-order valence-corrected chi connectivity index (χ3v) is 4.10. The van der Waals surface area contributed by atoms with Gasteiger partial charge >= 0.3 is 11.9 Å². The van der Waals surface area contributed by atoms with E-state index in [1.54, 1.807) is 12.1 Å². The van der Waals surface area contributed by atoms with Crippen LogP contribution >= 0.6 is 0 Å². The lowest BCUT2D eigenvalue weighted by atomic mass is 9.82. The Balaban J connectivity index is 2.10. The monoisotopic (exact) mass is 312 g/mol. The Morgan fingerprint density at radius 3 is 1.96 bits per heavy atom. The summed E-state index contributed by atoms with van der Waals surface area (Å²) in [6, 6.07) is 13.1. The summed E-state index contributed by atoms with van der Waals surface area (Å²) in [5, 5.41) is 8.84. The summed E-state index contributed by atoms with van der Waals surface area (Å²) < 4.78 is 5.26. The van der Waals surface area contributed by atoms with Gasteiger partial charge in [0.15, 0.2) is 0 Å². The van der Waals surface area contributed by atoms with Crippen molar-refractivity contribution in [2.45, 2.75) is 32.6 Å². The zero-order valence-electron chi connectivity index (χ0n) is 13.5. The first-order valence-corrected chi connectivity index (χ1v) is 7.49. The van der Waals surface area contributed by atoms with E-state index in [4.69, 9.17) is 9.84 Å². The van der Waals surface area contributed by atoms with E-state index >= 15 is 0 Å². The fourth-order valence-electron chi connectivity index (χ4n) is 2.09. The standard InChI is InChI=1S/C19H20O4/c1-4-19(2,3)15-9-5-14(6-10-15)18(22)23-16-11-7-13(8-12-16)17(20)21/h5-12H,4H2,1-3H3,(H,20,21). The van der Waals surface area contributed by atoms with Crippen LogP contribution < -0.4 is 4.74 Å². The first-order chi connectivity index (χ1) is 10.8. The number of esters is 1. The largest absolute Gasteiger partial charge is 0.478 e. The molecule has 4 nitrogen and oxygen atoms in total. The molecule has 0 saturated heterocycles. The van der Waals surface area contributed by atoms with Crippen LogP contribution in [-0.4, -0.2) is 17.0 Å². The van der Waals surface area contributed by atoms with Gasteiger partial charge in [-0.3, -0.25) is 0 Å². The van der Waals surface area contributed by atoms with Gasteiger partial charge in [0.2, 0.25) is 0 Å². The molecular formula is C19H20O4. The SMILES string of the molecule is CCC(C)(C)c1ccc(C(=O)Oc2ccc(C(=O)O)cc2)cc1. The van der Waals surface area contributed by atoms with E-state index in [-0.39, 0.29) is 11.0 Å². The van der Waals surface area contributed by atoms with Gasteiger partial charge in [-0.2, -0.15) is 0 Å². The number of ether oxygens (including phenoxy) is 1. The lowest BCUT2D eigenvalue weighted by Crippen LogP contribution is -2.16. The molecular weight excluding hydrogens is 292 g/mol. The number of rotatable bonds is 5. The fourth-order valence-corrected chi connectivity index (χ4v) is 2.09. The topological polar surface area (TPSA) is 63.6 Å². The maximum Gasteiger partial charge on any atom is 0.343 e. The van der Waals surface area contributed by atoms with Crippen LogP contribution in [0.1, 0.15) is 53.5 Å². The molecule has 0 heterocycles. The summed E-state index contributed by atoms with van der Waals surface area (Å²) >= 11 is 0. The first kappa shape index (κ1) is 16.7. The number of aromatic carboxylic acids is 1. The molecule has 120 valence electrons. The van der Waals surface area contributed by atoms with Gasteiger partial charge in [0, 0.05) is 0 Å². The van der Waals surface area contributed by atoms with Gasteiger partial charge < -0.3 is 9.84 Å². The molecule has 0 aliphatic heterocycles. The molecule has 23 heavy (non-hydrogen) atoms. The van der Waals surface area contributed by atoms with Gasteiger partial charge in [0.05, 0.1) is 11.1 Å². The average molecular weight is 312 g/mol. The lowest BCUT2D eigenvalue weighted by Gasteiger charge is -2.23. The zero-order valence-corrected chi connectivity index (χ0v) is 13.5. The van der Waals surface area contributed by atoms with Crippen molar-refractivity contribution in [1.29, 1.82) is 0 Å². The molecule has 0 atom stereocenters. The normalized spacial score (nSPS) is 11.1. The van der Waals surface area contributed by atoms with Crippen LogP contribution in [0.15, 0.2) is 48.5 Å². The summed E-state index contributed by atoms with van der Waals surface area (Å²) in [7, 11) is 0. The van der Waals surface area contributed by atoms with Crippen LogP contribution in [0, 0.1) is 0 Å². The molecule has 0 aliphatic carbocycles. The molecule has 2 aromatic carbocycles. The predicted molar refractivity (Wildman–Crippen MR) is 88.1 cm³/mol. The lowest BCUT2D eigenvalue weighted by molar-refractivity contribution is 0.0696. The third-order valence-electron chi connectivity index (χ3n) is 4.10. The highest BCUT2D eigenvalue weighted by molar-refractivity contribution is 5.91. The Bertz CT molecular complexity index is 697. The first-order valence-electron chi connectivity index (χ1n) is 7.49. The molecule has 0 fully saturated rings. The number of benzene rings is 2. The molecule has 0 bridgehead atoms. The molecule has 0 spiro atoms. The van der Waals surface area contributed by atoms with Gasteiger partial charge in [-0.05, 0) is 53.8 Å². The molecule has 0 unspecified atom stereocenters. The maximum absolute atomic E-state index is 12.1. The van der Waals surface area contributed by atoms with Crippen molar-refractivity contribution in [3.05, 3.63) is 65.2 Å². The highest BCUT2D eigenvalue weighted by atomic mass is 16.5. The van der Waals surface area contributed by atoms with Crippen molar-refractivity contribution in [3.8, 4) is 5.75 Å². The summed E-state index contributed by atoms with van der Waals surface area (Å²) in [6.45, 7) is 6.44. The summed E-state index contributed by atoms with van der Waals surface area (Å²) in [5.41, 5.74) is 1.84. The van der Waals surface area contributed by atoms with E-state index in [0.29, 0.717) is 11.3 Å². The van der Waals surface area contributed by atoms with E-state index in [1.807, 2.05) is 12.1 Å². The molecule has 2 rings (SSSR count). The van der Waals surface area contributed by atoms with Crippen molar-refractivity contribution in [1.82, 2.24) is 0 Å². The van der Waals surface area contributed by atoms with Crippen molar-refractivity contribution in [3.63, 3.8) is 0 Å². The summed E-state index contributed by atoms with van der Waals surface area (Å²) in [6.07, 6.45) is 1.01. The van der Waals surface area contributed by atoms with Gasteiger partial charge in [-0.25, -0.2) is 9.59 Å². The van der Waals surface area contributed by atoms with Crippen molar-refractivity contribution >= 4 is 11.9 Å². The number of hydrogen-bond acceptors (Lipinski definition) is 3. The molecule has 0 radical (unpaired) electrons. The summed E-state index contributed by atoms with van der Waals surface area (Å²) in [4.78, 5) is 22.9. The average Bonchev–Trinajstić information content (AvgIpc) is 2.55. The molecule has 0 aromatic heterocycles. The van der Waals surface area contributed by atoms with Crippen molar-refractivity contribution in [2.24, 2.45) is 0 Å². The highest BCUT2D eigenvalue weighted by Gasteiger charge is 2.18. The third kappa shape index (κ3) is 3.97. The Morgan fingerprint density at radius 2 is 1.48 bits per heavy atom. The highest BCUT2D eigenvalue weighted by Crippen LogP contribution is 2.26. The van der Waals surface area contributed by atoms with Crippen LogP contribution in [0.3, 0.4) is 0 Å². The van der Waals surface area contributed by atoms with Crippen LogP contribution in [0.25, 0.3) is 0 Å². The number of hydrogen-bond donors (Lipinski definition) is 1. The van der Waals surface area contributed by atoms with Crippen LogP contribution in [0.2, 0.25) is 0 Å². The molecule has 4 heteroatoms. The maximum atomic E-state index is 12.1. The Labute approximate surface area is 135 Å². The van der Waals surface area contributed by atoms with Gasteiger partial charge in [0.25, 0.3) is 0 Å². The zero-order chi connectivity index (χ0) is 17.0. The minimum atomic E-state index is -1.02. The molecule has 0 amide bonds. The van der Waals surface area contributed by atoms with E-state index in [9.17, 15) is 9.59 Å². The Hall–Kier alpha value is -2.62. The molecule has 2 aromatic rings. The fraction of sp³-hybridized carbons (Fsp3) is 0.263. The number of carbonyl (C=O) groups is 2. The van der Waals surface area contributed by atoms with Gasteiger partial charge in [-0.15, -0.1) is 0 Å². The quantitative estimate of drug-likeness (QED) is 0.660. The second kappa shape index (κ2) is 6.65. The van der Waals surface area contributed by atoms with Crippen LogP contribution in [-0.2, 0) is 5.41 Å². The minimum absolute atomic E-state index is 0.0646. The van der Waals surface area contributed by atoms with Gasteiger partial charge in [-0.1, -0.05) is 32.9 Å². The van der Waals surface area contributed by atoms with Crippen molar-refractivity contribution in [2.75, 3.05) is 0 Å². The Morgan fingerprint density at radius 1 is 0.957 bits per heavy atom. The molecule has 1 N–H and O–H groups in total. The second-order valence-corrected chi connectivity index (χ2v) is 6.03.